The number of carbonyl (C=O) groups excluding carboxylic acids is 3. The van der Waals surface area contributed by atoms with Gasteiger partial charge in [0.2, 0.25) is 5.91 Å². The van der Waals surface area contributed by atoms with E-state index in [1.54, 1.807) is 37.1 Å². The zero-order chi connectivity index (χ0) is 33.5. The van der Waals surface area contributed by atoms with Crippen LogP contribution >= 0.6 is 11.8 Å². The summed E-state index contributed by atoms with van der Waals surface area (Å²) in [5.41, 5.74) is 3.54. The van der Waals surface area contributed by atoms with Gasteiger partial charge in [0.1, 0.15) is 18.4 Å². The molecule has 6 rings (SSSR count). The van der Waals surface area contributed by atoms with Gasteiger partial charge in [0.25, 0.3) is 5.91 Å². The highest BCUT2D eigenvalue weighted by Gasteiger charge is 2.41. The molecule has 2 N–H and O–H groups in total. The number of nitrogens with zero attached hydrogens (tertiary/aromatic N) is 1. The Labute approximate surface area is 283 Å². The maximum Gasteiger partial charge on any atom is 0.408 e. The zero-order valence-electron chi connectivity index (χ0n) is 26.3. The van der Waals surface area contributed by atoms with Gasteiger partial charge in [-0.3, -0.25) is 9.59 Å². The lowest BCUT2D eigenvalue weighted by molar-refractivity contribution is -0.245. The number of amides is 3. The van der Waals surface area contributed by atoms with Crippen molar-refractivity contribution in [1.82, 2.24) is 5.32 Å². The molecule has 2 aliphatic heterocycles. The number of carbonyl (C=O) groups is 3. The van der Waals surface area contributed by atoms with Crippen molar-refractivity contribution in [2.45, 2.75) is 55.5 Å². The molecule has 2 fully saturated rings. The number of nitrogens with one attached hydrogen (secondary N) is 1. The zero-order valence-corrected chi connectivity index (χ0v) is 27.1. The molecule has 4 unspecified atom stereocenters. The first-order valence-corrected chi connectivity index (χ1v) is 16.6. The largest absolute Gasteiger partial charge is 0.496 e. The van der Waals surface area contributed by atoms with E-state index in [0.29, 0.717) is 23.4 Å². The first kappa shape index (κ1) is 33.2. The van der Waals surface area contributed by atoms with E-state index in [1.807, 2.05) is 84.9 Å². The van der Waals surface area contributed by atoms with Crippen LogP contribution in [0.2, 0.25) is 0 Å². The van der Waals surface area contributed by atoms with Crippen molar-refractivity contribution in [3.63, 3.8) is 0 Å². The number of hydrogen-bond donors (Lipinski definition) is 2. The SMILES string of the molecule is COc1ccccc1SCC1CC(c2ccc(CO)cc2)OC(c2cccc(N3C(=O)CC(NC(=O)OCc4ccccc4)C3=O)c2)O1. The summed E-state index contributed by atoms with van der Waals surface area (Å²) in [7, 11) is 1.64. The Hall–Kier alpha value is -4.68. The van der Waals surface area contributed by atoms with Gasteiger partial charge in [0.05, 0.1) is 38.0 Å². The highest BCUT2D eigenvalue weighted by atomic mass is 32.2. The maximum absolute atomic E-state index is 13.4. The third kappa shape index (κ3) is 7.88. The van der Waals surface area contributed by atoms with Crippen molar-refractivity contribution in [2.75, 3.05) is 17.8 Å². The summed E-state index contributed by atoms with van der Waals surface area (Å²) in [4.78, 5) is 41.0. The molecule has 248 valence electrons. The van der Waals surface area contributed by atoms with Crippen molar-refractivity contribution in [3.8, 4) is 5.75 Å². The molecule has 2 saturated heterocycles. The van der Waals surface area contributed by atoms with Crippen LogP contribution in [0.5, 0.6) is 5.75 Å². The van der Waals surface area contributed by atoms with Gasteiger partial charge in [-0.05, 0) is 41.0 Å². The third-order valence-electron chi connectivity index (χ3n) is 8.16. The fourth-order valence-corrected chi connectivity index (χ4v) is 6.73. The molecule has 0 aliphatic carbocycles. The molecular weight excluding hydrogens is 632 g/mol. The average molecular weight is 669 g/mol. The monoisotopic (exact) mass is 668 g/mol. The van der Waals surface area contributed by atoms with Crippen LogP contribution in [0.15, 0.2) is 108 Å². The van der Waals surface area contributed by atoms with Crippen molar-refractivity contribution in [1.29, 1.82) is 0 Å². The van der Waals surface area contributed by atoms with Crippen molar-refractivity contribution in [3.05, 3.63) is 125 Å². The van der Waals surface area contributed by atoms with E-state index in [4.69, 9.17) is 18.9 Å². The van der Waals surface area contributed by atoms with E-state index in [2.05, 4.69) is 5.32 Å². The Kier molecular flexibility index (Phi) is 10.7. The second-order valence-corrected chi connectivity index (χ2v) is 12.5. The van der Waals surface area contributed by atoms with Crippen LogP contribution in [-0.2, 0) is 37.0 Å². The normalized spacial score (nSPS) is 20.8. The molecule has 11 heteroatoms. The van der Waals surface area contributed by atoms with Crippen LogP contribution in [0.1, 0.15) is 47.5 Å². The van der Waals surface area contributed by atoms with Crippen LogP contribution in [-0.4, -0.2) is 48.0 Å². The van der Waals surface area contributed by atoms with Gasteiger partial charge in [0, 0.05) is 22.6 Å². The van der Waals surface area contributed by atoms with Crippen LogP contribution in [0, 0.1) is 0 Å². The number of ether oxygens (including phenoxy) is 4. The molecule has 2 aliphatic rings. The van der Waals surface area contributed by atoms with E-state index >= 15 is 0 Å². The van der Waals surface area contributed by atoms with Gasteiger partial charge in [-0.2, -0.15) is 0 Å². The molecular formula is C37H36N2O8S. The fourth-order valence-electron chi connectivity index (χ4n) is 5.68. The predicted octanol–water partition coefficient (Wildman–Crippen LogP) is 6.08. The predicted molar refractivity (Wildman–Crippen MR) is 179 cm³/mol. The van der Waals surface area contributed by atoms with Crippen molar-refractivity contribution >= 4 is 35.4 Å². The number of rotatable bonds is 11. The molecule has 4 aromatic rings. The average Bonchev–Trinajstić information content (AvgIpc) is 3.41. The lowest BCUT2D eigenvalue weighted by Crippen LogP contribution is -2.42. The Morgan fingerprint density at radius 2 is 1.69 bits per heavy atom. The number of anilines is 1. The number of para-hydroxylation sites is 1. The van der Waals surface area contributed by atoms with E-state index in [1.165, 1.54) is 0 Å². The molecule has 4 atom stereocenters. The number of aliphatic hydroxyl groups is 1. The highest BCUT2D eigenvalue weighted by molar-refractivity contribution is 7.99. The summed E-state index contributed by atoms with van der Waals surface area (Å²) in [5, 5.41) is 12.1. The second kappa shape index (κ2) is 15.5. The summed E-state index contributed by atoms with van der Waals surface area (Å²) < 4.78 is 23.8. The van der Waals surface area contributed by atoms with Gasteiger partial charge >= 0.3 is 6.09 Å². The van der Waals surface area contributed by atoms with Crippen molar-refractivity contribution < 1.29 is 38.4 Å². The summed E-state index contributed by atoms with van der Waals surface area (Å²) >= 11 is 1.63. The van der Waals surface area contributed by atoms with E-state index < -0.39 is 30.2 Å². The lowest BCUT2D eigenvalue weighted by atomic mass is 10.0. The van der Waals surface area contributed by atoms with E-state index in [9.17, 15) is 19.5 Å². The third-order valence-corrected chi connectivity index (χ3v) is 9.35. The highest BCUT2D eigenvalue weighted by Crippen LogP contribution is 2.41. The fraction of sp³-hybridized carbons (Fsp3) is 0.270. The molecule has 10 nitrogen and oxygen atoms in total. The first-order chi connectivity index (χ1) is 23.4. The van der Waals surface area contributed by atoms with Gasteiger partial charge in [-0.1, -0.05) is 78.9 Å². The van der Waals surface area contributed by atoms with E-state index in [-0.39, 0.29) is 31.8 Å². The minimum Gasteiger partial charge on any atom is -0.496 e. The Balaban J connectivity index is 1.17. The summed E-state index contributed by atoms with van der Waals surface area (Å²) in [5.74, 6) is 0.422. The summed E-state index contributed by atoms with van der Waals surface area (Å²) in [6.45, 7) is -0.0126. The number of hydrogen-bond acceptors (Lipinski definition) is 9. The molecule has 0 aromatic heterocycles. The minimum absolute atomic E-state index is 0.0413. The quantitative estimate of drug-likeness (QED) is 0.145. The summed E-state index contributed by atoms with van der Waals surface area (Å²) in [6.07, 6.45) is -1.69. The van der Waals surface area contributed by atoms with Crippen molar-refractivity contribution in [2.24, 2.45) is 0 Å². The maximum atomic E-state index is 13.4. The van der Waals surface area contributed by atoms with Crippen LogP contribution in [0.3, 0.4) is 0 Å². The molecule has 0 bridgehead atoms. The number of methoxy groups -OCH3 is 1. The summed E-state index contributed by atoms with van der Waals surface area (Å²) in [6, 6.07) is 30.5. The minimum atomic E-state index is -1.05. The van der Waals surface area contributed by atoms with E-state index in [0.717, 1.165) is 32.2 Å². The van der Waals surface area contributed by atoms with Gasteiger partial charge in [0.15, 0.2) is 6.29 Å². The molecule has 0 spiro atoms. The van der Waals surface area contributed by atoms with Crippen LogP contribution in [0.4, 0.5) is 10.5 Å². The number of benzene rings is 4. The number of alkyl carbamates (subject to hydrolysis) is 1. The van der Waals surface area contributed by atoms with Crippen LogP contribution in [0.25, 0.3) is 0 Å². The Morgan fingerprint density at radius 3 is 2.46 bits per heavy atom. The van der Waals surface area contributed by atoms with Gasteiger partial charge < -0.3 is 29.4 Å². The second-order valence-electron chi connectivity index (χ2n) is 11.4. The lowest BCUT2D eigenvalue weighted by Gasteiger charge is -2.36. The molecule has 0 saturated carbocycles. The molecule has 48 heavy (non-hydrogen) atoms. The van der Waals surface area contributed by atoms with Crippen LogP contribution < -0.4 is 15.0 Å². The van der Waals surface area contributed by atoms with Gasteiger partial charge in [-0.25, -0.2) is 9.69 Å². The molecule has 3 amide bonds. The topological polar surface area (TPSA) is 124 Å². The smallest absolute Gasteiger partial charge is 0.408 e. The standard InChI is InChI=1S/C37H36N2O8S/c1-44-31-12-5-6-13-33(31)48-23-29-19-32(26-16-14-24(21-40)15-17-26)47-36(46-29)27-10-7-11-28(18-27)39-34(41)20-30(35(39)42)38-37(43)45-22-25-8-3-2-4-9-25/h2-18,29-30,32,36,40H,19-23H2,1H3,(H,38,43). The molecule has 0 radical (unpaired) electrons. The first-order valence-electron chi connectivity index (χ1n) is 15.6. The van der Waals surface area contributed by atoms with Gasteiger partial charge in [-0.15, -0.1) is 11.8 Å². The molecule has 4 aromatic carbocycles. The Morgan fingerprint density at radius 1 is 0.917 bits per heavy atom. The number of imide groups is 1. The molecule has 2 heterocycles. The number of aliphatic hydroxyl groups excluding tert-OH is 1. The Bertz CT molecular complexity index is 1740. The number of thioether (sulfide) groups is 1.